The number of rotatable bonds is 1. The molecule has 0 aromatic carbocycles. The van der Waals surface area contributed by atoms with E-state index in [-0.39, 0.29) is 35.7 Å². The number of carbonyl (C=O) groups excluding carboxylic acids is 2. The van der Waals surface area contributed by atoms with Gasteiger partial charge in [-0.3, -0.25) is 14.5 Å². The summed E-state index contributed by atoms with van der Waals surface area (Å²) in [4.78, 5) is 25.7. The normalized spacial score (nSPS) is 39.6. The first-order valence-electron chi connectivity index (χ1n) is 6.66. The van der Waals surface area contributed by atoms with Crippen molar-refractivity contribution in [1.29, 1.82) is 0 Å². The van der Waals surface area contributed by atoms with Crippen molar-refractivity contribution in [2.24, 2.45) is 17.6 Å². The van der Waals surface area contributed by atoms with Crippen LogP contribution in [0.2, 0.25) is 0 Å². The zero-order chi connectivity index (χ0) is 12.6. The van der Waals surface area contributed by atoms with Gasteiger partial charge in [0.25, 0.3) is 0 Å². The second-order valence-electron chi connectivity index (χ2n) is 5.49. The average molecular weight is 238 g/mol. The lowest BCUT2D eigenvalue weighted by Gasteiger charge is -2.30. The summed E-state index contributed by atoms with van der Waals surface area (Å²) in [5.74, 6) is -0.411. The lowest BCUT2D eigenvalue weighted by atomic mass is 10.00. The number of hydrogen-bond donors (Lipinski definition) is 1. The van der Waals surface area contributed by atoms with Crippen molar-refractivity contribution in [1.82, 2.24) is 4.90 Å². The van der Waals surface area contributed by atoms with E-state index < -0.39 is 0 Å². The lowest BCUT2D eigenvalue weighted by molar-refractivity contribution is -0.143. The van der Waals surface area contributed by atoms with Crippen LogP contribution in [-0.2, 0) is 9.59 Å². The largest absolute Gasteiger partial charge is 0.326 e. The maximum absolute atomic E-state index is 12.1. The minimum absolute atomic E-state index is 0.0233. The molecule has 4 heteroatoms. The summed E-state index contributed by atoms with van der Waals surface area (Å²) in [5.41, 5.74) is 6.13. The van der Waals surface area contributed by atoms with E-state index >= 15 is 0 Å². The summed E-state index contributed by atoms with van der Waals surface area (Å²) in [6, 6.07) is -0.104. The van der Waals surface area contributed by atoms with E-state index in [4.69, 9.17) is 5.73 Å². The highest BCUT2D eigenvalue weighted by Gasteiger charge is 2.46. The Labute approximate surface area is 103 Å². The van der Waals surface area contributed by atoms with Crippen LogP contribution in [0.3, 0.4) is 0 Å². The molecule has 0 bridgehead atoms. The smallest absolute Gasteiger partial charge is 0.233 e. The van der Waals surface area contributed by atoms with Gasteiger partial charge in [0.15, 0.2) is 0 Å². The Morgan fingerprint density at radius 2 is 1.53 bits per heavy atom. The quantitative estimate of drug-likeness (QED) is 0.553. The predicted octanol–water partition coefficient (Wildman–Crippen LogP) is 1.29. The number of hydrogen-bond acceptors (Lipinski definition) is 3. The number of likely N-dealkylation sites (tertiary alicyclic amines) is 1. The van der Waals surface area contributed by atoms with Crippen molar-refractivity contribution < 1.29 is 9.59 Å². The van der Waals surface area contributed by atoms with Crippen LogP contribution in [0.5, 0.6) is 0 Å². The third-order valence-corrected chi connectivity index (χ3v) is 4.37. The molecule has 2 fully saturated rings. The van der Waals surface area contributed by atoms with Gasteiger partial charge in [0.1, 0.15) is 0 Å². The molecule has 1 heterocycles. The van der Waals surface area contributed by atoms with E-state index in [0.29, 0.717) is 0 Å². The first-order chi connectivity index (χ1) is 8.04. The van der Waals surface area contributed by atoms with Gasteiger partial charge in [0.2, 0.25) is 11.8 Å². The third-order valence-electron chi connectivity index (χ3n) is 4.37. The SMILES string of the molecule is CC1C(=O)N(C2CCCCCC2N)C(=O)C1C. The Bertz CT molecular complexity index is 309. The Morgan fingerprint density at radius 3 is 2.12 bits per heavy atom. The summed E-state index contributed by atoms with van der Waals surface area (Å²) in [6.07, 6.45) is 5.13. The van der Waals surface area contributed by atoms with Gasteiger partial charge in [-0.2, -0.15) is 0 Å². The van der Waals surface area contributed by atoms with Gasteiger partial charge >= 0.3 is 0 Å². The van der Waals surface area contributed by atoms with Crippen LogP contribution in [0.4, 0.5) is 0 Å². The second kappa shape index (κ2) is 4.77. The zero-order valence-electron chi connectivity index (χ0n) is 10.7. The van der Waals surface area contributed by atoms with Crippen LogP contribution >= 0.6 is 0 Å². The highest BCUT2D eigenvalue weighted by molar-refractivity contribution is 6.05. The van der Waals surface area contributed by atoms with E-state index in [1.165, 1.54) is 4.90 Å². The molecular formula is C13H22N2O2. The van der Waals surface area contributed by atoms with Crippen molar-refractivity contribution >= 4 is 11.8 Å². The highest BCUT2D eigenvalue weighted by Crippen LogP contribution is 2.31. The van der Waals surface area contributed by atoms with E-state index in [9.17, 15) is 9.59 Å². The van der Waals surface area contributed by atoms with Crippen LogP contribution in [0.25, 0.3) is 0 Å². The maximum Gasteiger partial charge on any atom is 0.233 e. The molecule has 2 amide bonds. The van der Waals surface area contributed by atoms with E-state index in [0.717, 1.165) is 32.1 Å². The van der Waals surface area contributed by atoms with Gasteiger partial charge in [-0.05, 0) is 12.8 Å². The Morgan fingerprint density at radius 1 is 1.00 bits per heavy atom. The molecule has 4 unspecified atom stereocenters. The molecule has 1 saturated heterocycles. The van der Waals surface area contributed by atoms with Crippen molar-refractivity contribution in [3.05, 3.63) is 0 Å². The molecule has 0 spiro atoms. The van der Waals surface area contributed by atoms with Gasteiger partial charge in [-0.1, -0.05) is 33.1 Å². The fourth-order valence-corrected chi connectivity index (χ4v) is 2.94. The van der Waals surface area contributed by atoms with Crippen molar-refractivity contribution in [2.45, 2.75) is 58.0 Å². The first kappa shape index (κ1) is 12.6. The highest BCUT2D eigenvalue weighted by atomic mass is 16.2. The van der Waals surface area contributed by atoms with Gasteiger partial charge in [-0.25, -0.2) is 0 Å². The fraction of sp³-hybridized carbons (Fsp3) is 0.846. The van der Waals surface area contributed by atoms with Gasteiger partial charge < -0.3 is 5.73 Å². The second-order valence-corrected chi connectivity index (χ2v) is 5.49. The summed E-state index contributed by atoms with van der Waals surface area (Å²) in [5, 5.41) is 0. The predicted molar refractivity (Wildman–Crippen MR) is 65.0 cm³/mol. The summed E-state index contributed by atoms with van der Waals surface area (Å²) in [7, 11) is 0. The molecule has 2 N–H and O–H groups in total. The molecule has 17 heavy (non-hydrogen) atoms. The summed E-state index contributed by atoms with van der Waals surface area (Å²) >= 11 is 0. The Kier molecular flexibility index (Phi) is 3.52. The molecule has 4 nitrogen and oxygen atoms in total. The fourth-order valence-electron chi connectivity index (χ4n) is 2.94. The Hall–Kier alpha value is -0.900. The van der Waals surface area contributed by atoms with Gasteiger partial charge in [-0.15, -0.1) is 0 Å². The number of nitrogens with zero attached hydrogens (tertiary/aromatic N) is 1. The van der Waals surface area contributed by atoms with E-state index in [1.54, 1.807) is 0 Å². The van der Waals surface area contributed by atoms with Crippen molar-refractivity contribution in [3.63, 3.8) is 0 Å². The van der Waals surface area contributed by atoms with Crippen LogP contribution < -0.4 is 5.73 Å². The molecule has 4 atom stereocenters. The molecule has 0 aromatic rings. The van der Waals surface area contributed by atoms with Gasteiger partial charge in [0.05, 0.1) is 6.04 Å². The summed E-state index contributed by atoms with van der Waals surface area (Å²) in [6.45, 7) is 3.68. The minimum Gasteiger partial charge on any atom is -0.326 e. The number of nitrogens with two attached hydrogens (primary N) is 1. The standard InChI is InChI=1S/C13H22N2O2/c1-8-9(2)13(17)15(12(8)16)11-7-5-3-4-6-10(11)14/h8-11H,3-7,14H2,1-2H3. The maximum atomic E-state index is 12.1. The topological polar surface area (TPSA) is 63.4 Å². The van der Waals surface area contributed by atoms with Crippen LogP contribution in [0.15, 0.2) is 0 Å². The molecular weight excluding hydrogens is 216 g/mol. The number of carbonyl (C=O) groups is 2. The van der Waals surface area contributed by atoms with Crippen LogP contribution in [0, 0.1) is 11.8 Å². The molecule has 1 saturated carbocycles. The van der Waals surface area contributed by atoms with Crippen molar-refractivity contribution in [2.75, 3.05) is 0 Å². The van der Waals surface area contributed by atoms with Crippen molar-refractivity contribution in [3.8, 4) is 0 Å². The lowest BCUT2D eigenvalue weighted by Crippen LogP contribution is -2.50. The first-order valence-corrected chi connectivity index (χ1v) is 6.66. The minimum atomic E-state index is -0.182. The third kappa shape index (κ3) is 2.10. The van der Waals surface area contributed by atoms with E-state index in [2.05, 4.69) is 0 Å². The molecule has 1 aliphatic heterocycles. The molecule has 96 valence electrons. The van der Waals surface area contributed by atoms with Crippen LogP contribution in [0.1, 0.15) is 46.0 Å². The average Bonchev–Trinajstić information content (AvgIpc) is 2.52. The molecule has 1 aliphatic carbocycles. The molecule has 2 aliphatic rings. The van der Waals surface area contributed by atoms with Gasteiger partial charge in [0, 0.05) is 17.9 Å². The number of imide groups is 1. The molecule has 0 aromatic heterocycles. The summed E-state index contributed by atoms with van der Waals surface area (Å²) < 4.78 is 0. The molecule has 0 radical (unpaired) electrons. The monoisotopic (exact) mass is 238 g/mol. The number of amides is 2. The van der Waals surface area contributed by atoms with Crippen LogP contribution in [-0.4, -0.2) is 28.8 Å². The zero-order valence-corrected chi connectivity index (χ0v) is 10.7. The Balaban J connectivity index is 2.20. The molecule has 2 rings (SSSR count). The van der Waals surface area contributed by atoms with E-state index in [1.807, 2.05) is 13.8 Å².